The van der Waals surface area contributed by atoms with Gasteiger partial charge in [0.1, 0.15) is 5.75 Å². The number of carbonyl (C=O) groups excluding carboxylic acids is 1. The van der Waals surface area contributed by atoms with Gasteiger partial charge in [-0.25, -0.2) is 0 Å². The van der Waals surface area contributed by atoms with E-state index in [2.05, 4.69) is 11.8 Å². The number of piperidine rings is 1. The predicted octanol–water partition coefficient (Wildman–Crippen LogP) is 5.28. The number of ether oxygens (including phenoxy) is 1. The lowest BCUT2D eigenvalue weighted by molar-refractivity contribution is 0.103. The van der Waals surface area contributed by atoms with Crippen LogP contribution in [-0.4, -0.2) is 46.3 Å². The molecule has 3 heterocycles. The van der Waals surface area contributed by atoms with Gasteiger partial charge in [0.05, 0.1) is 23.4 Å². The van der Waals surface area contributed by atoms with Crippen molar-refractivity contribution in [3.63, 3.8) is 0 Å². The van der Waals surface area contributed by atoms with Crippen molar-refractivity contribution in [2.45, 2.75) is 70.3 Å². The molecule has 0 spiro atoms. The van der Waals surface area contributed by atoms with E-state index in [1.54, 1.807) is 0 Å². The zero-order valence-electron chi connectivity index (χ0n) is 20.2. The highest BCUT2D eigenvalue weighted by Crippen LogP contribution is 2.38. The zero-order chi connectivity index (χ0) is 23.5. The van der Waals surface area contributed by atoms with Crippen LogP contribution in [0, 0.1) is 0 Å². The van der Waals surface area contributed by atoms with E-state index in [1.165, 1.54) is 37.0 Å². The molecule has 0 bridgehead atoms. The van der Waals surface area contributed by atoms with Crippen molar-refractivity contribution in [2.24, 2.45) is 0 Å². The third kappa shape index (κ3) is 4.56. The van der Waals surface area contributed by atoms with Crippen molar-refractivity contribution in [3.8, 4) is 5.75 Å². The van der Waals surface area contributed by atoms with Crippen molar-refractivity contribution >= 4 is 16.7 Å². The standard InChI is InChI=1S/C28H36N4O2/c1-2-3-4-7-17-34-26-11-6-5-10-23(26)28(33)21-12-13-25-24(19-21)27(30-32(25)29)20-14-16-31-15-8-9-22(31)18-20/h5-6,10-13,19-20,22H,2-4,7-9,14-18,29H2,1H3. The fourth-order valence-corrected chi connectivity index (χ4v) is 5.73. The maximum absolute atomic E-state index is 13.5. The van der Waals surface area contributed by atoms with Crippen molar-refractivity contribution in [1.82, 2.24) is 14.8 Å². The Hall–Kier alpha value is -2.86. The molecule has 2 atom stereocenters. The van der Waals surface area contributed by atoms with E-state index < -0.39 is 0 Å². The summed E-state index contributed by atoms with van der Waals surface area (Å²) in [6, 6.07) is 14.0. The molecule has 180 valence electrons. The molecule has 0 radical (unpaired) electrons. The summed E-state index contributed by atoms with van der Waals surface area (Å²) in [7, 11) is 0. The van der Waals surface area contributed by atoms with E-state index in [9.17, 15) is 4.79 Å². The molecule has 2 aliphatic heterocycles. The maximum Gasteiger partial charge on any atom is 0.196 e. The summed E-state index contributed by atoms with van der Waals surface area (Å²) in [5.74, 6) is 7.26. The van der Waals surface area contributed by atoms with Crippen LogP contribution in [-0.2, 0) is 0 Å². The highest BCUT2D eigenvalue weighted by Gasteiger charge is 2.34. The highest BCUT2D eigenvalue weighted by molar-refractivity contribution is 6.12. The molecule has 1 aromatic heterocycles. The number of rotatable bonds is 9. The molecule has 2 saturated heterocycles. The minimum atomic E-state index is -0.0209. The van der Waals surface area contributed by atoms with Crippen LogP contribution in [0.4, 0.5) is 0 Å². The van der Waals surface area contributed by atoms with Gasteiger partial charge in [0.25, 0.3) is 0 Å². The van der Waals surface area contributed by atoms with Gasteiger partial charge in [-0.1, -0.05) is 38.3 Å². The number of ketones is 1. The SMILES string of the molecule is CCCCCCOc1ccccc1C(=O)c1ccc2c(c1)c(C1CCN3CCCC3C1)nn2N. The molecule has 2 aliphatic rings. The fourth-order valence-electron chi connectivity index (χ4n) is 5.73. The normalized spacial score (nSPS) is 20.5. The molecule has 6 heteroatoms. The third-order valence-corrected chi connectivity index (χ3v) is 7.59. The number of aromatic nitrogens is 2. The lowest BCUT2D eigenvalue weighted by atomic mass is 9.87. The number of nitrogens with two attached hydrogens (primary N) is 1. The molecule has 34 heavy (non-hydrogen) atoms. The average molecular weight is 461 g/mol. The Morgan fingerprint density at radius 2 is 2.00 bits per heavy atom. The summed E-state index contributed by atoms with van der Waals surface area (Å²) in [6.07, 6.45) is 9.34. The first-order valence-corrected chi connectivity index (χ1v) is 12.9. The Labute approximate surface area is 202 Å². The monoisotopic (exact) mass is 460 g/mol. The van der Waals surface area contributed by atoms with Gasteiger partial charge in [-0.3, -0.25) is 4.79 Å². The molecular weight excluding hydrogens is 424 g/mol. The number of nitrogen functional groups attached to an aromatic ring is 1. The number of hydrogen-bond donors (Lipinski definition) is 1. The maximum atomic E-state index is 13.5. The smallest absolute Gasteiger partial charge is 0.196 e. The molecule has 0 saturated carbocycles. The molecule has 5 rings (SSSR count). The van der Waals surface area contributed by atoms with Crippen LogP contribution in [0.1, 0.15) is 85.8 Å². The number of hydrogen-bond acceptors (Lipinski definition) is 5. The predicted molar refractivity (Wildman–Crippen MR) is 136 cm³/mol. The van der Waals surface area contributed by atoms with E-state index in [4.69, 9.17) is 15.7 Å². The van der Waals surface area contributed by atoms with Crippen LogP contribution in [0.3, 0.4) is 0 Å². The quantitative estimate of drug-likeness (QED) is 0.267. The second-order valence-corrected chi connectivity index (χ2v) is 9.85. The lowest BCUT2D eigenvalue weighted by Crippen LogP contribution is -2.37. The van der Waals surface area contributed by atoms with Crippen LogP contribution in [0.2, 0.25) is 0 Å². The first-order valence-electron chi connectivity index (χ1n) is 12.9. The first kappa shape index (κ1) is 22.9. The van der Waals surface area contributed by atoms with E-state index in [0.29, 0.717) is 35.4 Å². The summed E-state index contributed by atoms with van der Waals surface area (Å²) < 4.78 is 6.02. The van der Waals surface area contributed by atoms with Gasteiger partial charge >= 0.3 is 0 Å². The number of nitrogens with zero attached hydrogens (tertiary/aromatic N) is 3. The van der Waals surface area contributed by atoms with Crippen molar-refractivity contribution in [3.05, 3.63) is 59.3 Å². The lowest BCUT2D eigenvalue weighted by Gasteiger charge is -2.34. The largest absolute Gasteiger partial charge is 0.493 e. The molecule has 2 N–H and O–H groups in total. The molecule has 2 aromatic carbocycles. The Bertz CT molecular complexity index is 1150. The van der Waals surface area contributed by atoms with E-state index >= 15 is 0 Å². The van der Waals surface area contributed by atoms with Crippen LogP contribution < -0.4 is 10.6 Å². The summed E-state index contributed by atoms with van der Waals surface area (Å²) >= 11 is 0. The second kappa shape index (κ2) is 10.2. The fraction of sp³-hybridized carbons (Fsp3) is 0.500. The van der Waals surface area contributed by atoms with Crippen molar-refractivity contribution in [2.75, 3.05) is 25.5 Å². The van der Waals surface area contributed by atoms with Crippen LogP contribution in [0.15, 0.2) is 42.5 Å². The number of carbonyl (C=O) groups is 1. The van der Waals surface area contributed by atoms with Crippen molar-refractivity contribution in [1.29, 1.82) is 0 Å². The van der Waals surface area contributed by atoms with E-state index in [1.807, 2.05) is 42.5 Å². The van der Waals surface area contributed by atoms with E-state index in [-0.39, 0.29) is 5.78 Å². The van der Waals surface area contributed by atoms with Crippen LogP contribution >= 0.6 is 0 Å². The molecule has 0 aliphatic carbocycles. The summed E-state index contributed by atoms with van der Waals surface area (Å²) in [6.45, 7) is 5.18. The van der Waals surface area contributed by atoms with Gasteiger partial charge in [-0.05, 0) is 75.5 Å². The van der Waals surface area contributed by atoms with Crippen LogP contribution in [0.5, 0.6) is 5.75 Å². The number of benzene rings is 2. The van der Waals surface area contributed by atoms with E-state index in [0.717, 1.165) is 48.8 Å². The second-order valence-electron chi connectivity index (χ2n) is 9.85. The topological polar surface area (TPSA) is 73.4 Å². The van der Waals surface area contributed by atoms with Crippen LogP contribution in [0.25, 0.3) is 10.9 Å². The molecule has 0 amide bonds. The van der Waals surface area contributed by atoms with Gasteiger partial charge in [0.15, 0.2) is 5.78 Å². The molecular formula is C28H36N4O2. The molecule has 2 unspecified atom stereocenters. The number of fused-ring (bicyclic) bond motifs is 2. The first-order chi connectivity index (χ1) is 16.7. The molecule has 3 aromatic rings. The minimum absolute atomic E-state index is 0.0209. The van der Waals surface area contributed by atoms with Gasteiger partial charge in [-0.2, -0.15) is 9.89 Å². The zero-order valence-corrected chi connectivity index (χ0v) is 20.2. The third-order valence-electron chi connectivity index (χ3n) is 7.59. The Morgan fingerprint density at radius 3 is 2.88 bits per heavy atom. The number of para-hydroxylation sites is 1. The Balaban J connectivity index is 1.39. The Kier molecular flexibility index (Phi) is 6.86. The molecule has 6 nitrogen and oxygen atoms in total. The summed E-state index contributed by atoms with van der Waals surface area (Å²) in [5, 5.41) is 5.73. The highest BCUT2D eigenvalue weighted by atomic mass is 16.5. The average Bonchev–Trinajstić information content (AvgIpc) is 3.47. The van der Waals surface area contributed by atoms with Gasteiger partial charge in [0, 0.05) is 22.9 Å². The molecule has 2 fully saturated rings. The van der Waals surface area contributed by atoms with Gasteiger partial charge in [-0.15, -0.1) is 0 Å². The van der Waals surface area contributed by atoms with Gasteiger partial charge < -0.3 is 15.5 Å². The minimum Gasteiger partial charge on any atom is -0.493 e. The van der Waals surface area contributed by atoms with Crippen molar-refractivity contribution < 1.29 is 9.53 Å². The summed E-state index contributed by atoms with van der Waals surface area (Å²) in [5.41, 5.74) is 3.18. The number of unbranched alkanes of at least 4 members (excludes halogenated alkanes) is 3. The Morgan fingerprint density at radius 1 is 1.12 bits per heavy atom. The van der Waals surface area contributed by atoms with Gasteiger partial charge in [0.2, 0.25) is 0 Å². The summed E-state index contributed by atoms with van der Waals surface area (Å²) in [4.78, 5) is 17.6.